The van der Waals surface area contributed by atoms with Gasteiger partial charge in [-0.25, -0.2) is 15.0 Å². The van der Waals surface area contributed by atoms with Gasteiger partial charge < -0.3 is 10.8 Å². The van der Waals surface area contributed by atoms with Crippen LogP contribution >= 0.6 is 0 Å². The van der Waals surface area contributed by atoms with E-state index in [-0.39, 0.29) is 5.92 Å². The number of aromatic nitrogens is 4. The topological polar surface area (TPSA) is 92.6 Å². The lowest BCUT2D eigenvalue weighted by Gasteiger charge is -2.53. The first-order valence-corrected chi connectivity index (χ1v) is 12.2. The first-order valence-electron chi connectivity index (χ1n) is 12.2. The van der Waals surface area contributed by atoms with Gasteiger partial charge in [0.1, 0.15) is 28.6 Å². The fraction of sp³-hybridized carbons (Fsp3) is 0.250. The molecule has 2 aliphatic rings. The summed E-state index contributed by atoms with van der Waals surface area (Å²) in [6.45, 7) is 1.95. The fourth-order valence-corrected chi connectivity index (χ4v) is 5.51. The molecule has 0 atom stereocenters. The number of aliphatic hydroxyl groups is 1. The Balaban J connectivity index is 1.31. The summed E-state index contributed by atoms with van der Waals surface area (Å²) in [7, 11) is 0. The molecule has 7 nitrogen and oxygen atoms in total. The van der Waals surface area contributed by atoms with E-state index in [1.54, 1.807) is 6.20 Å². The second kappa shape index (κ2) is 7.60. The largest absolute Gasteiger partial charge is 0.382 e. The third-order valence-electron chi connectivity index (χ3n) is 7.60. The summed E-state index contributed by atoms with van der Waals surface area (Å²) in [5.41, 5.74) is 11.2. The summed E-state index contributed by atoms with van der Waals surface area (Å²) in [5.74, 6) is 1.55. The highest BCUT2D eigenvalue weighted by molar-refractivity contribution is 5.91. The van der Waals surface area contributed by atoms with Crippen LogP contribution in [-0.2, 0) is 0 Å². The summed E-state index contributed by atoms with van der Waals surface area (Å²) in [6.07, 6.45) is 6.17. The van der Waals surface area contributed by atoms with E-state index in [1.807, 2.05) is 24.4 Å². The minimum absolute atomic E-state index is 0.173. The Bertz CT molecular complexity index is 1570. The van der Waals surface area contributed by atoms with Crippen LogP contribution < -0.4 is 5.73 Å². The quantitative estimate of drug-likeness (QED) is 0.410. The predicted octanol–water partition coefficient (Wildman–Crippen LogP) is 4.47. The maximum atomic E-state index is 11.0. The molecule has 3 aromatic heterocycles. The van der Waals surface area contributed by atoms with Crippen LogP contribution in [0.2, 0.25) is 0 Å². The number of likely N-dealkylation sites (tertiary alicyclic amines) is 1. The monoisotopic (exact) mass is 462 g/mol. The van der Waals surface area contributed by atoms with Crippen molar-refractivity contribution in [3.8, 4) is 22.5 Å². The van der Waals surface area contributed by atoms with E-state index < -0.39 is 5.72 Å². The van der Waals surface area contributed by atoms with Crippen LogP contribution in [0.1, 0.15) is 31.0 Å². The zero-order valence-corrected chi connectivity index (χ0v) is 19.3. The van der Waals surface area contributed by atoms with Gasteiger partial charge in [-0.2, -0.15) is 0 Å². The summed E-state index contributed by atoms with van der Waals surface area (Å²) in [4.78, 5) is 16.5. The van der Waals surface area contributed by atoms with Gasteiger partial charge in [0.2, 0.25) is 0 Å². The summed E-state index contributed by atoms with van der Waals surface area (Å²) < 4.78 is 2.05. The summed E-state index contributed by atoms with van der Waals surface area (Å²) >= 11 is 0. The third-order valence-corrected chi connectivity index (χ3v) is 7.60. The molecule has 2 fully saturated rings. The number of nitrogens with zero attached hydrogens (tertiary/aromatic N) is 5. The summed E-state index contributed by atoms with van der Waals surface area (Å²) in [5, 5.41) is 12.1. The number of rotatable bonds is 4. The molecule has 0 unspecified atom stereocenters. The van der Waals surface area contributed by atoms with Crippen LogP contribution in [0.5, 0.6) is 0 Å². The van der Waals surface area contributed by atoms with Crippen molar-refractivity contribution in [1.29, 1.82) is 0 Å². The lowest BCUT2D eigenvalue weighted by Crippen LogP contribution is -2.61. The Kier molecular flexibility index (Phi) is 4.46. The number of hydrogen-bond donors (Lipinski definition) is 2. The number of hydrogen-bond acceptors (Lipinski definition) is 6. The highest BCUT2D eigenvalue weighted by Crippen LogP contribution is 2.48. The van der Waals surface area contributed by atoms with Crippen molar-refractivity contribution in [2.75, 3.05) is 18.8 Å². The number of pyridine rings is 1. The van der Waals surface area contributed by atoms with E-state index >= 15 is 0 Å². The van der Waals surface area contributed by atoms with E-state index in [1.165, 1.54) is 0 Å². The molecule has 1 saturated carbocycles. The Morgan fingerprint density at radius 2 is 1.74 bits per heavy atom. The van der Waals surface area contributed by atoms with E-state index in [0.29, 0.717) is 18.7 Å². The molecule has 7 heteroatoms. The predicted molar refractivity (Wildman–Crippen MR) is 137 cm³/mol. The maximum absolute atomic E-state index is 11.0. The van der Waals surface area contributed by atoms with E-state index in [9.17, 15) is 5.11 Å². The number of benzene rings is 2. The zero-order chi connectivity index (χ0) is 23.6. The molecule has 1 aliphatic heterocycles. The first-order chi connectivity index (χ1) is 17.1. The van der Waals surface area contributed by atoms with Gasteiger partial charge in [0.05, 0.1) is 11.2 Å². The Hall–Kier alpha value is -3.81. The van der Waals surface area contributed by atoms with E-state index in [4.69, 9.17) is 15.7 Å². The second-order valence-corrected chi connectivity index (χ2v) is 9.75. The zero-order valence-electron chi connectivity index (χ0n) is 19.3. The third kappa shape index (κ3) is 3.23. The lowest BCUT2D eigenvalue weighted by atomic mass is 9.74. The molecule has 7 rings (SSSR count). The van der Waals surface area contributed by atoms with Crippen LogP contribution in [0.3, 0.4) is 0 Å². The molecule has 35 heavy (non-hydrogen) atoms. The van der Waals surface area contributed by atoms with Gasteiger partial charge in [-0.3, -0.25) is 9.30 Å². The Morgan fingerprint density at radius 3 is 2.51 bits per heavy atom. The summed E-state index contributed by atoms with van der Waals surface area (Å²) in [6, 6.07) is 20.6. The molecule has 0 amide bonds. The van der Waals surface area contributed by atoms with E-state index in [0.717, 1.165) is 64.3 Å². The molecule has 0 bridgehead atoms. The molecule has 1 saturated heterocycles. The van der Waals surface area contributed by atoms with Crippen molar-refractivity contribution in [3.05, 3.63) is 78.9 Å². The number of anilines is 1. The Labute approximate surface area is 202 Å². The SMILES string of the molecule is Nc1nccn2c(C3CC(O)(N4CCC4)C3)nc(-c3ccc4ccc(-c5ccccc5)nc4c3)c12. The first kappa shape index (κ1) is 20.6. The average molecular weight is 463 g/mol. The minimum Gasteiger partial charge on any atom is -0.382 e. The lowest BCUT2D eigenvalue weighted by molar-refractivity contribution is -0.195. The van der Waals surface area contributed by atoms with Gasteiger partial charge in [0.25, 0.3) is 0 Å². The molecule has 5 aromatic rings. The van der Waals surface area contributed by atoms with Crippen molar-refractivity contribution in [2.24, 2.45) is 0 Å². The van der Waals surface area contributed by atoms with Crippen LogP contribution in [0.25, 0.3) is 38.9 Å². The standard InChI is InChI=1S/C28H26N6O/c29-26-25-24(20-8-7-19-9-10-22(31-23(19)15-20)18-5-2-1-3-6-18)32-27(34(25)14-11-30-26)21-16-28(35,17-21)33-12-4-13-33/h1-3,5-11,14-15,21,35H,4,12-13,16-17H2,(H2,29,30). The van der Waals surface area contributed by atoms with Gasteiger partial charge >= 0.3 is 0 Å². The molecule has 0 spiro atoms. The van der Waals surface area contributed by atoms with Crippen molar-refractivity contribution < 1.29 is 5.11 Å². The molecule has 174 valence electrons. The van der Waals surface area contributed by atoms with Crippen LogP contribution in [0, 0.1) is 0 Å². The van der Waals surface area contributed by atoms with Crippen LogP contribution in [0.4, 0.5) is 5.82 Å². The van der Waals surface area contributed by atoms with E-state index in [2.05, 4.69) is 56.7 Å². The van der Waals surface area contributed by atoms with Crippen molar-refractivity contribution in [2.45, 2.75) is 30.9 Å². The average Bonchev–Trinajstić information content (AvgIpc) is 3.22. The number of nitrogen functional groups attached to an aromatic ring is 1. The van der Waals surface area contributed by atoms with Crippen molar-refractivity contribution in [3.63, 3.8) is 0 Å². The highest BCUT2D eigenvalue weighted by Gasteiger charge is 2.50. The number of nitrogens with two attached hydrogens (primary N) is 1. The van der Waals surface area contributed by atoms with Crippen molar-refractivity contribution >= 4 is 22.2 Å². The number of imidazole rings is 1. The molecule has 0 radical (unpaired) electrons. The van der Waals surface area contributed by atoms with Gasteiger partial charge in [-0.1, -0.05) is 48.5 Å². The maximum Gasteiger partial charge on any atom is 0.150 e. The molecule has 3 N–H and O–H groups in total. The van der Waals surface area contributed by atoms with Gasteiger partial charge in [-0.05, 0) is 31.4 Å². The highest BCUT2D eigenvalue weighted by atomic mass is 16.3. The van der Waals surface area contributed by atoms with Crippen LogP contribution in [0.15, 0.2) is 73.1 Å². The van der Waals surface area contributed by atoms with Gasteiger partial charge in [0, 0.05) is 47.9 Å². The smallest absolute Gasteiger partial charge is 0.150 e. The Morgan fingerprint density at radius 1 is 0.943 bits per heavy atom. The minimum atomic E-state index is -0.700. The van der Waals surface area contributed by atoms with Gasteiger partial charge in [0.15, 0.2) is 0 Å². The normalized spacial score (nSPS) is 22.3. The fourth-order valence-electron chi connectivity index (χ4n) is 5.51. The molecular weight excluding hydrogens is 436 g/mol. The molecule has 2 aromatic carbocycles. The molecular formula is C28H26N6O. The van der Waals surface area contributed by atoms with Crippen LogP contribution in [-0.4, -0.2) is 48.2 Å². The molecule has 1 aliphatic carbocycles. The van der Waals surface area contributed by atoms with Gasteiger partial charge in [-0.15, -0.1) is 0 Å². The second-order valence-electron chi connectivity index (χ2n) is 9.75. The number of fused-ring (bicyclic) bond motifs is 2. The molecule has 4 heterocycles. The van der Waals surface area contributed by atoms with Crippen molar-refractivity contribution in [1.82, 2.24) is 24.3 Å².